The summed E-state index contributed by atoms with van der Waals surface area (Å²) in [6, 6.07) is 4.03. The van der Waals surface area contributed by atoms with E-state index in [2.05, 4.69) is 29.4 Å². The molecule has 1 saturated carbocycles. The van der Waals surface area contributed by atoms with Crippen molar-refractivity contribution in [3.63, 3.8) is 0 Å². The molecule has 1 aliphatic rings. The van der Waals surface area contributed by atoms with E-state index in [4.69, 9.17) is 4.74 Å². The number of aromatic nitrogens is 1. The van der Waals surface area contributed by atoms with Gasteiger partial charge < -0.3 is 10.1 Å². The van der Waals surface area contributed by atoms with Gasteiger partial charge in [-0.2, -0.15) is 0 Å². The van der Waals surface area contributed by atoms with E-state index in [1.807, 2.05) is 12.3 Å². The van der Waals surface area contributed by atoms with Crippen molar-refractivity contribution in [1.82, 2.24) is 10.3 Å². The zero-order chi connectivity index (χ0) is 14.9. The maximum absolute atomic E-state index is 5.13. The fourth-order valence-corrected chi connectivity index (χ4v) is 3.01. The third-order valence-electron chi connectivity index (χ3n) is 4.21. The first-order valence-electron chi connectivity index (χ1n) is 8.24. The van der Waals surface area contributed by atoms with Crippen molar-refractivity contribution in [1.29, 1.82) is 0 Å². The molecule has 1 aromatic heterocycles. The van der Waals surface area contributed by atoms with Crippen LogP contribution in [0.3, 0.4) is 0 Å². The van der Waals surface area contributed by atoms with E-state index in [0.29, 0.717) is 5.88 Å². The molecule has 1 N–H and O–H groups in total. The fourth-order valence-electron chi connectivity index (χ4n) is 3.01. The van der Waals surface area contributed by atoms with Crippen LogP contribution >= 0.6 is 0 Å². The Balaban J connectivity index is 2.09. The van der Waals surface area contributed by atoms with Crippen LogP contribution in [0.4, 0.5) is 0 Å². The monoisotopic (exact) mass is 288 g/mol. The van der Waals surface area contributed by atoms with E-state index in [0.717, 1.165) is 19.0 Å². The van der Waals surface area contributed by atoms with E-state index < -0.39 is 0 Å². The second-order valence-electron chi connectivity index (χ2n) is 5.86. The average molecular weight is 288 g/mol. The Labute approximate surface area is 128 Å². The van der Waals surface area contributed by atoms with Crippen molar-refractivity contribution in [2.24, 2.45) is 5.92 Å². The summed E-state index contributed by atoms with van der Waals surface area (Å²) in [6.07, 6.45) is 12.2. The number of hydrogen-bond acceptors (Lipinski definition) is 3. The molecule has 1 heterocycles. The van der Waals surface area contributed by atoms with Gasteiger partial charge in [-0.25, -0.2) is 4.98 Å². The molecule has 0 spiro atoms. The van der Waals surface area contributed by atoms with Gasteiger partial charge in [0.15, 0.2) is 0 Å². The second kappa shape index (κ2) is 8.83. The molecule has 3 nitrogen and oxygen atoms in total. The van der Waals surface area contributed by atoms with E-state index in [1.54, 1.807) is 7.11 Å². The van der Waals surface area contributed by atoms with Gasteiger partial charge in [0.1, 0.15) is 0 Å². The van der Waals surface area contributed by atoms with Crippen LogP contribution < -0.4 is 10.1 Å². The molecule has 116 valence electrons. The molecule has 0 saturated heterocycles. The van der Waals surface area contributed by atoms with E-state index in [1.165, 1.54) is 49.7 Å². The number of nitrogens with zero attached hydrogens (tertiary/aromatic N) is 1. The summed E-state index contributed by atoms with van der Waals surface area (Å²) in [7, 11) is 1.65. The molecular weight excluding hydrogens is 260 g/mol. The van der Waals surface area contributed by atoms with Crippen LogP contribution in [0.15, 0.2) is 23.9 Å². The van der Waals surface area contributed by atoms with E-state index >= 15 is 0 Å². The van der Waals surface area contributed by atoms with Gasteiger partial charge in [0, 0.05) is 18.8 Å². The predicted molar refractivity (Wildman–Crippen MR) is 88.5 cm³/mol. The first kappa shape index (κ1) is 16.0. The topological polar surface area (TPSA) is 34.1 Å². The lowest BCUT2D eigenvalue weighted by Crippen LogP contribution is -2.23. The number of pyridine rings is 1. The van der Waals surface area contributed by atoms with Gasteiger partial charge in [0.25, 0.3) is 0 Å². The lowest BCUT2D eigenvalue weighted by Gasteiger charge is -2.25. The number of hydrogen-bond donors (Lipinski definition) is 1. The van der Waals surface area contributed by atoms with Gasteiger partial charge in [-0.05, 0) is 43.4 Å². The summed E-state index contributed by atoms with van der Waals surface area (Å²) in [5.74, 6) is 1.42. The minimum Gasteiger partial charge on any atom is -0.481 e. The minimum atomic E-state index is 0.676. The highest BCUT2D eigenvalue weighted by molar-refractivity contribution is 5.53. The van der Waals surface area contributed by atoms with Gasteiger partial charge in [0.05, 0.1) is 7.11 Å². The Morgan fingerprint density at radius 2 is 2.14 bits per heavy atom. The minimum absolute atomic E-state index is 0.676. The van der Waals surface area contributed by atoms with Gasteiger partial charge >= 0.3 is 0 Å². The summed E-state index contributed by atoms with van der Waals surface area (Å²) in [6.45, 7) is 4.31. The SMILES string of the molecule is CCCNC/C(=C/c1ccc(OC)nc1)C1CCCCC1. The third-order valence-corrected chi connectivity index (χ3v) is 4.21. The Bertz CT molecular complexity index is 433. The molecule has 1 aromatic rings. The summed E-state index contributed by atoms with van der Waals surface area (Å²) < 4.78 is 5.13. The van der Waals surface area contributed by atoms with Crippen molar-refractivity contribution in [2.45, 2.75) is 45.4 Å². The van der Waals surface area contributed by atoms with Crippen LogP contribution in [0.25, 0.3) is 6.08 Å². The zero-order valence-corrected chi connectivity index (χ0v) is 13.4. The lowest BCUT2D eigenvalue weighted by molar-refractivity contribution is 0.396. The molecule has 0 bridgehead atoms. The first-order valence-corrected chi connectivity index (χ1v) is 8.24. The summed E-state index contributed by atoms with van der Waals surface area (Å²) in [5, 5.41) is 3.56. The maximum Gasteiger partial charge on any atom is 0.212 e. The zero-order valence-electron chi connectivity index (χ0n) is 13.4. The standard InChI is InChI=1S/C18H28N2O/c1-3-11-19-14-17(16-7-5-4-6-8-16)12-15-9-10-18(21-2)20-13-15/h9-10,12-13,16,19H,3-8,11,14H2,1-2H3/b17-12-. The predicted octanol–water partition coefficient (Wildman–Crippen LogP) is 4.05. The van der Waals surface area contributed by atoms with Crippen molar-refractivity contribution >= 4 is 6.08 Å². The largest absolute Gasteiger partial charge is 0.481 e. The highest BCUT2D eigenvalue weighted by atomic mass is 16.5. The Morgan fingerprint density at radius 3 is 2.76 bits per heavy atom. The average Bonchev–Trinajstić information content (AvgIpc) is 2.55. The molecule has 0 atom stereocenters. The molecule has 0 amide bonds. The van der Waals surface area contributed by atoms with Crippen LogP contribution in [0.2, 0.25) is 0 Å². The molecule has 0 unspecified atom stereocenters. The van der Waals surface area contributed by atoms with Crippen molar-refractivity contribution < 1.29 is 4.74 Å². The molecule has 1 aliphatic carbocycles. The maximum atomic E-state index is 5.13. The molecular formula is C18H28N2O. The highest BCUT2D eigenvalue weighted by Crippen LogP contribution is 2.30. The Morgan fingerprint density at radius 1 is 1.33 bits per heavy atom. The summed E-state index contributed by atoms with van der Waals surface area (Å²) in [4.78, 5) is 4.30. The van der Waals surface area contributed by atoms with Crippen LogP contribution in [0.1, 0.15) is 51.0 Å². The first-order chi connectivity index (χ1) is 10.3. The Kier molecular flexibility index (Phi) is 6.74. The molecule has 2 rings (SSSR count). The van der Waals surface area contributed by atoms with Gasteiger partial charge in [-0.15, -0.1) is 0 Å². The van der Waals surface area contributed by atoms with Crippen molar-refractivity contribution in [3.8, 4) is 5.88 Å². The molecule has 3 heteroatoms. The number of rotatable bonds is 7. The van der Waals surface area contributed by atoms with Crippen LogP contribution in [-0.2, 0) is 0 Å². The molecule has 0 radical (unpaired) electrons. The van der Waals surface area contributed by atoms with Gasteiger partial charge in [0.2, 0.25) is 5.88 Å². The van der Waals surface area contributed by atoms with Gasteiger partial charge in [-0.1, -0.05) is 37.8 Å². The normalized spacial score (nSPS) is 17.0. The van der Waals surface area contributed by atoms with E-state index in [-0.39, 0.29) is 0 Å². The van der Waals surface area contributed by atoms with Crippen LogP contribution in [0.5, 0.6) is 5.88 Å². The number of ether oxygens (including phenoxy) is 1. The molecule has 1 fully saturated rings. The van der Waals surface area contributed by atoms with E-state index in [9.17, 15) is 0 Å². The number of nitrogens with one attached hydrogen (secondary N) is 1. The highest BCUT2D eigenvalue weighted by Gasteiger charge is 2.17. The molecule has 21 heavy (non-hydrogen) atoms. The van der Waals surface area contributed by atoms with Crippen molar-refractivity contribution in [2.75, 3.05) is 20.2 Å². The smallest absolute Gasteiger partial charge is 0.212 e. The third kappa shape index (κ3) is 5.16. The molecule has 0 aliphatic heterocycles. The molecule has 0 aromatic carbocycles. The summed E-state index contributed by atoms with van der Waals surface area (Å²) in [5.41, 5.74) is 2.71. The quantitative estimate of drug-likeness (QED) is 0.768. The van der Waals surface area contributed by atoms with Crippen LogP contribution in [0, 0.1) is 5.92 Å². The van der Waals surface area contributed by atoms with Crippen LogP contribution in [-0.4, -0.2) is 25.2 Å². The lowest BCUT2D eigenvalue weighted by atomic mass is 9.83. The van der Waals surface area contributed by atoms with Crippen molar-refractivity contribution in [3.05, 3.63) is 29.5 Å². The summed E-state index contributed by atoms with van der Waals surface area (Å²) >= 11 is 0. The second-order valence-corrected chi connectivity index (χ2v) is 5.86. The fraction of sp³-hybridized carbons (Fsp3) is 0.611. The van der Waals surface area contributed by atoms with Gasteiger partial charge in [-0.3, -0.25) is 0 Å². The number of methoxy groups -OCH3 is 1. The Hall–Kier alpha value is -1.35.